The number of H-pyrrole nitrogens is 1. The van der Waals surface area contributed by atoms with E-state index in [1.165, 1.54) is 31.7 Å². The van der Waals surface area contributed by atoms with Crippen LogP contribution < -0.4 is 10.6 Å². The number of benzene rings is 1. The number of aromatic amines is 1. The summed E-state index contributed by atoms with van der Waals surface area (Å²) in [5.74, 6) is 0.626. The SMILES string of the molecule is CCOCCC1(CNC(=NC)NCCc2c[nH]c3ccc(F)cc23)CCCC1. The molecule has 0 bridgehead atoms. The van der Waals surface area contributed by atoms with Gasteiger partial charge in [-0.15, -0.1) is 0 Å². The molecule has 0 aliphatic heterocycles. The van der Waals surface area contributed by atoms with Gasteiger partial charge in [-0.25, -0.2) is 4.39 Å². The van der Waals surface area contributed by atoms with Crippen LogP contribution in [-0.2, 0) is 11.2 Å². The molecule has 2 aromatic rings. The molecule has 1 heterocycles. The maximum absolute atomic E-state index is 13.5. The number of ether oxygens (including phenoxy) is 1. The van der Waals surface area contributed by atoms with Gasteiger partial charge in [-0.1, -0.05) is 12.8 Å². The molecule has 1 fully saturated rings. The molecule has 1 aliphatic rings. The van der Waals surface area contributed by atoms with Gasteiger partial charge in [-0.05, 0) is 61.8 Å². The third-order valence-electron chi connectivity index (χ3n) is 5.92. The highest BCUT2D eigenvalue weighted by molar-refractivity contribution is 5.83. The highest BCUT2D eigenvalue weighted by Crippen LogP contribution is 2.40. The van der Waals surface area contributed by atoms with E-state index in [1.807, 2.05) is 13.1 Å². The second-order valence-corrected chi connectivity index (χ2v) is 7.76. The fourth-order valence-corrected chi connectivity index (χ4v) is 4.24. The summed E-state index contributed by atoms with van der Waals surface area (Å²) in [6.45, 7) is 5.34. The van der Waals surface area contributed by atoms with E-state index in [2.05, 4.69) is 20.6 Å². The van der Waals surface area contributed by atoms with Crippen molar-refractivity contribution in [2.24, 2.45) is 10.4 Å². The number of rotatable bonds is 9. The predicted octanol–water partition coefficient (Wildman–Crippen LogP) is 4.00. The van der Waals surface area contributed by atoms with E-state index in [9.17, 15) is 4.39 Å². The molecular weight excluding hydrogens is 355 g/mol. The van der Waals surface area contributed by atoms with Gasteiger partial charge in [-0.3, -0.25) is 4.99 Å². The summed E-state index contributed by atoms with van der Waals surface area (Å²) in [6, 6.07) is 4.86. The van der Waals surface area contributed by atoms with E-state index in [1.54, 1.807) is 19.2 Å². The van der Waals surface area contributed by atoms with Crippen molar-refractivity contribution in [3.05, 3.63) is 35.8 Å². The van der Waals surface area contributed by atoms with Gasteiger partial charge >= 0.3 is 0 Å². The summed E-state index contributed by atoms with van der Waals surface area (Å²) in [5.41, 5.74) is 2.40. The fourth-order valence-electron chi connectivity index (χ4n) is 4.24. The molecule has 6 heteroatoms. The number of hydrogen-bond donors (Lipinski definition) is 3. The third kappa shape index (κ3) is 5.25. The van der Waals surface area contributed by atoms with E-state index in [-0.39, 0.29) is 5.82 Å². The molecule has 1 saturated carbocycles. The zero-order valence-corrected chi connectivity index (χ0v) is 17.1. The zero-order chi connectivity index (χ0) is 19.8. The second-order valence-electron chi connectivity index (χ2n) is 7.76. The Morgan fingerprint density at radius 1 is 1.29 bits per heavy atom. The van der Waals surface area contributed by atoms with Gasteiger partial charge in [0.05, 0.1) is 0 Å². The van der Waals surface area contributed by atoms with E-state index in [4.69, 9.17) is 4.74 Å². The average Bonchev–Trinajstić information content (AvgIpc) is 3.32. The number of nitrogens with zero attached hydrogens (tertiary/aromatic N) is 1. The first-order chi connectivity index (χ1) is 13.7. The van der Waals surface area contributed by atoms with E-state index < -0.39 is 0 Å². The Morgan fingerprint density at radius 3 is 2.86 bits per heavy atom. The molecule has 3 N–H and O–H groups in total. The molecule has 0 spiro atoms. The lowest BCUT2D eigenvalue weighted by molar-refractivity contribution is 0.105. The Labute approximate surface area is 167 Å². The number of aliphatic imine (C=N–C) groups is 1. The molecule has 0 unspecified atom stereocenters. The minimum atomic E-state index is -0.201. The van der Waals surface area contributed by atoms with Crippen LogP contribution in [-0.4, -0.2) is 44.3 Å². The molecule has 0 radical (unpaired) electrons. The van der Waals surface area contributed by atoms with Crippen LogP contribution >= 0.6 is 0 Å². The normalized spacial score (nSPS) is 16.6. The number of nitrogens with one attached hydrogen (secondary N) is 3. The highest BCUT2D eigenvalue weighted by atomic mass is 19.1. The molecular formula is C22H33FN4O. The largest absolute Gasteiger partial charge is 0.382 e. The van der Waals surface area contributed by atoms with Gasteiger partial charge in [0.15, 0.2) is 5.96 Å². The van der Waals surface area contributed by atoms with Crippen molar-refractivity contribution in [3.8, 4) is 0 Å². The zero-order valence-electron chi connectivity index (χ0n) is 17.1. The van der Waals surface area contributed by atoms with Gasteiger partial charge in [-0.2, -0.15) is 0 Å². The Kier molecular flexibility index (Phi) is 7.31. The van der Waals surface area contributed by atoms with Crippen molar-refractivity contribution < 1.29 is 9.13 Å². The maximum atomic E-state index is 13.5. The first-order valence-corrected chi connectivity index (χ1v) is 10.4. The van der Waals surface area contributed by atoms with Crippen molar-refractivity contribution in [1.82, 2.24) is 15.6 Å². The van der Waals surface area contributed by atoms with Crippen LogP contribution in [0.5, 0.6) is 0 Å². The highest BCUT2D eigenvalue weighted by Gasteiger charge is 2.33. The molecule has 0 saturated heterocycles. The fraction of sp³-hybridized carbons (Fsp3) is 0.591. The molecule has 1 aliphatic carbocycles. The lowest BCUT2D eigenvalue weighted by Gasteiger charge is -2.30. The van der Waals surface area contributed by atoms with Gasteiger partial charge in [0, 0.05) is 50.5 Å². The monoisotopic (exact) mass is 388 g/mol. The van der Waals surface area contributed by atoms with Gasteiger partial charge < -0.3 is 20.4 Å². The number of aromatic nitrogens is 1. The average molecular weight is 389 g/mol. The number of guanidine groups is 1. The predicted molar refractivity (Wildman–Crippen MR) is 113 cm³/mol. The van der Waals surface area contributed by atoms with Crippen LogP contribution in [0.25, 0.3) is 10.9 Å². The Morgan fingerprint density at radius 2 is 2.11 bits per heavy atom. The van der Waals surface area contributed by atoms with E-state index in [0.29, 0.717) is 5.41 Å². The minimum absolute atomic E-state index is 0.201. The molecule has 3 rings (SSSR count). The molecule has 28 heavy (non-hydrogen) atoms. The molecule has 1 aromatic carbocycles. The molecule has 0 amide bonds. The first-order valence-electron chi connectivity index (χ1n) is 10.4. The Hall–Kier alpha value is -2.08. The molecule has 154 valence electrons. The standard InChI is InChI=1S/C22H33FN4O/c1-3-28-13-11-22(9-4-5-10-22)16-27-21(24-2)25-12-8-17-15-26-20-7-6-18(23)14-19(17)20/h6-7,14-15,26H,3-5,8-13,16H2,1-2H3,(H2,24,25,27). The minimum Gasteiger partial charge on any atom is -0.382 e. The van der Waals surface area contributed by atoms with Crippen LogP contribution in [0, 0.1) is 11.2 Å². The topological polar surface area (TPSA) is 61.4 Å². The van der Waals surface area contributed by atoms with E-state index in [0.717, 1.165) is 61.6 Å². The Bertz CT molecular complexity index is 780. The lowest BCUT2D eigenvalue weighted by atomic mass is 9.83. The van der Waals surface area contributed by atoms with Crippen molar-refractivity contribution in [2.75, 3.05) is 33.4 Å². The quantitative estimate of drug-likeness (QED) is 0.346. The van der Waals surface area contributed by atoms with E-state index >= 15 is 0 Å². The number of hydrogen-bond acceptors (Lipinski definition) is 2. The molecule has 1 aromatic heterocycles. The second kappa shape index (κ2) is 9.92. The third-order valence-corrected chi connectivity index (χ3v) is 5.92. The lowest BCUT2D eigenvalue weighted by Crippen LogP contribution is -2.44. The van der Waals surface area contributed by atoms with Crippen LogP contribution in [0.15, 0.2) is 29.4 Å². The van der Waals surface area contributed by atoms with Gasteiger partial charge in [0.1, 0.15) is 5.82 Å². The number of fused-ring (bicyclic) bond motifs is 1. The summed E-state index contributed by atoms with van der Waals surface area (Å²) >= 11 is 0. The summed E-state index contributed by atoms with van der Waals surface area (Å²) in [5, 5.41) is 7.87. The van der Waals surface area contributed by atoms with Crippen molar-refractivity contribution in [2.45, 2.75) is 45.4 Å². The summed E-state index contributed by atoms with van der Waals surface area (Å²) < 4.78 is 19.1. The summed E-state index contributed by atoms with van der Waals surface area (Å²) in [6.07, 6.45) is 8.98. The van der Waals surface area contributed by atoms with Crippen LogP contribution in [0.3, 0.4) is 0 Å². The smallest absolute Gasteiger partial charge is 0.191 e. The molecule has 0 atom stereocenters. The van der Waals surface area contributed by atoms with Crippen LogP contribution in [0.1, 0.15) is 44.6 Å². The van der Waals surface area contributed by atoms with Crippen molar-refractivity contribution >= 4 is 16.9 Å². The maximum Gasteiger partial charge on any atom is 0.191 e. The van der Waals surface area contributed by atoms with Gasteiger partial charge in [0.25, 0.3) is 0 Å². The van der Waals surface area contributed by atoms with Crippen molar-refractivity contribution in [1.29, 1.82) is 0 Å². The Balaban J connectivity index is 1.49. The number of halogens is 1. The van der Waals surface area contributed by atoms with Crippen LogP contribution in [0.2, 0.25) is 0 Å². The van der Waals surface area contributed by atoms with Crippen LogP contribution in [0.4, 0.5) is 4.39 Å². The molecule has 5 nitrogen and oxygen atoms in total. The van der Waals surface area contributed by atoms with Gasteiger partial charge in [0.2, 0.25) is 0 Å². The summed E-state index contributed by atoms with van der Waals surface area (Å²) in [7, 11) is 1.80. The summed E-state index contributed by atoms with van der Waals surface area (Å²) in [4.78, 5) is 7.57. The first kappa shape index (κ1) is 20.6. The van der Waals surface area contributed by atoms with Crippen molar-refractivity contribution in [3.63, 3.8) is 0 Å².